The summed E-state index contributed by atoms with van der Waals surface area (Å²) in [6.07, 6.45) is 0. The van der Waals surface area contributed by atoms with E-state index in [4.69, 9.17) is 4.74 Å². The number of nitrogens with one attached hydrogen (secondary N) is 1. The first-order chi connectivity index (χ1) is 15.9. The highest BCUT2D eigenvalue weighted by atomic mass is 32.2. The van der Waals surface area contributed by atoms with Crippen LogP contribution in [0.25, 0.3) is 0 Å². The second-order valence-corrected chi connectivity index (χ2v) is 11.4. The van der Waals surface area contributed by atoms with Crippen LogP contribution in [0.2, 0.25) is 0 Å². The van der Waals surface area contributed by atoms with Crippen LogP contribution < -0.4 is 5.32 Å². The van der Waals surface area contributed by atoms with Crippen LogP contribution in [0.3, 0.4) is 0 Å². The smallest absolute Gasteiger partial charge is 0.317 e. The summed E-state index contributed by atoms with van der Waals surface area (Å²) in [4.78, 5) is 18.5. The van der Waals surface area contributed by atoms with Crippen molar-refractivity contribution in [3.05, 3.63) is 51.7 Å². The molecule has 8 nitrogen and oxygen atoms in total. The number of morpholine rings is 1. The third-order valence-corrected chi connectivity index (χ3v) is 9.31. The molecular weight excluding hydrogens is 460 g/mol. The molecule has 2 saturated heterocycles. The van der Waals surface area contributed by atoms with Gasteiger partial charge in [-0.1, -0.05) is 23.8 Å². The van der Waals surface area contributed by atoms with Crippen molar-refractivity contribution >= 4 is 27.4 Å². The normalized spacial score (nSPS) is 19.4. The molecule has 2 amide bonds. The zero-order valence-electron chi connectivity index (χ0n) is 19.2. The molecule has 1 N–H and O–H groups in total. The molecule has 0 aliphatic carbocycles. The number of amides is 2. The third kappa shape index (κ3) is 5.58. The molecule has 1 aromatic carbocycles. The Kier molecular flexibility index (Phi) is 7.70. The van der Waals surface area contributed by atoms with Gasteiger partial charge >= 0.3 is 6.03 Å². The van der Waals surface area contributed by atoms with Crippen LogP contribution in [0, 0.1) is 13.8 Å². The van der Waals surface area contributed by atoms with Crippen LogP contribution in [0.1, 0.15) is 22.0 Å². The summed E-state index contributed by atoms with van der Waals surface area (Å²) in [7, 11) is -3.57. The molecule has 0 bridgehead atoms. The molecule has 1 aromatic heterocycles. The van der Waals surface area contributed by atoms with Gasteiger partial charge in [0, 0.05) is 50.7 Å². The van der Waals surface area contributed by atoms with Crippen LogP contribution >= 0.6 is 11.3 Å². The van der Waals surface area contributed by atoms with Crippen molar-refractivity contribution in [2.45, 2.75) is 24.8 Å². The summed E-state index contributed by atoms with van der Waals surface area (Å²) in [5.41, 5.74) is 1.78. The summed E-state index contributed by atoms with van der Waals surface area (Å²) in [6.45, 7) is 8.70. The first-order valence-electron chi connectivity index (χ1n) is 11.3. The zero-order valence-corrected chi connectivity index (χ0v) is 20.8. The van der Waals surface area contributed by atoms with Gasteiger partial charge in [0.25, 0.3) is 0 Å². The van der Waals surface area contributed by atoms with E-state index in [-0.39, 0.29) is 12.1 Å². The van der Waals surface area contributed by atoms with E-state index in [1.807, 2.05) is 32.0 Å². The van der Waals surface area contributed by atoms with Crippen molar-refractivity contribution in [1.29, 1.82) is 0 Å². The van der Waals surface area contributed by atoms with Crippen LogP contribution in [-0.4, -0.2) is 87.6 Å². The Morgan fingerprint density at radius 1 is 1.09 bits per heavy atom. The number of thiophene rings is 1. The number of hydrogen-bond acceptors (Lipinski definition) is 6. The zero-order chi connectivity index (χ0) is 23.4. The molecule has 2 aliphatic heterocycles. The first-order valence-corrected chi connectivity index (χ1v) is 13.6. The fraction of sp³-hybridized carbons (Fsp3) is 0.522. The number of nitrogens with zero attached hydrogens (tertiary/aromatic N) is 3. The Hall–Kier alpha value is -1.98. The largest absolute Gasteiger partial charge is 0.379 e. The topological polar surface area (TPSA) is 82.2 Å². The lowest BCUT2D eigenvalue weighted by Gasteiger charge is -2.36. The van der Waals surface area contributed by atoms with Gasteiger partial charge in [0.05, 0.1) is 24.2 Å². The number of piperazine rings is 1. The number of aryl methyl sites for hydroxylation is 2. The maximum atomic E-state index is 13.1. The fourth-order valence-electron chi connectivity index (χ4n) is 4.43. The van der Waals surface area contributed by atoms with Gasteiger partial charge in [-0.05, 0) is 36.9 Å². The number of hydrogen-bond donors (Lipinski definition) is 1. The van der Waals surface area contributed by atoms with Crippen molar-refractivity contribution in [2.75, 3.05) is 59.0 Å². The first kappa shape index (κ1) is 24.2. The summed E-state index contributed by atoms with van der Waals surface area (Å²) in [6, 6.07) is 9.49. The molecule has 0 saturated carbocycles. The van der Waals surface area contributed by atoms with E-state index in [0.29, 0.717) is 50.8 Å². The molecule has 10 heteroatoms. The van der Waals surface area contributed by atoms with E-state index in [1.54, 1.807) is 22.3 Å². The molecule has 180 valence electrons. The number of urea groups is 1. The number of rotatable bonds is 6. The number of sulfonamides is 1. The molecule has 33 heavy (non-hydrogen) atoms. The molecule has 0 unspecified atom stereocenters. The minimum absolute atomic E-state index is 0.115. The Labute approximate surface area is 200 Å². The maximum absolute atomic E-state index is 13.1. The van der Waals surface area contributed by atoms with E-state index in [1.165, 1.54) is 9.18 Å². The standard InChI is InChI=1S/C23H32N4O4S2/c1-18-5-6-22(19(2)16-18)33(29,30)27-9-7-26(8-10-27)23(28)24-17-20(21-4-3-15-32-21)25-11-13-31-14-12-25/h3-6,15-16,20H,7-14,17H2,1-2H3,(H,24,28)/t20-/m0/s1. The summed E-state index contributed by atoms with van der Waals surface area (Å²) in [5, 5.41) is 5.14. The molecule has 2 aliphatic rings. The third-order valence-electron chi connectivity index (χ3n) is 6.28. The lowest BCUT2D eigenvalue weighted by atomic mass is 10.2. The minimum atomic E-state index is -3.57. The van der Waals surface area contributed by atoms with Crippen molar-refractivity contribution in [2.24, 2.45) is 0 Å². The van der Waals surface area contributed by atoms with Gasteiger partial charge in [-0.25, -0.2) is 13.2 Å². The number of ether oxygens (including phenoxy) is 1. The predicted octanol–water partition coefficient (Wildman–Crippen LogP) is 2.45. The van der Waals surface area contributed by atoms with Crippen LogP contribution in [0.15, 0.2) is 40.6 Å². The Morgan fingerprint density at radius 2 is 1.82 bits per heavy atom. The van der Waals surface area contributed by atoms with E-state index in [9.17, 15) is 13.2 Å². The van der Waals surface area contributed by atoms with E-state index in [0.717, 1.165) is 24.2 Å². The van der Waals surface area contributed by atoms with E-state index >= 15 is 0 Å². The minimum Gasteiger partial charge on any atom is -0.379 e. The molecule has 4 rings (SSSR count). The second kappa shape index (κ2) is 10.5. The summed E-state index contributed by atoms with van der Waals surface area (Å²) in [5.74, 6) is 0. The summed E-state index contributed by atoms with van der Waals surface area (Å²) >= 11 is 1.69. The van der Waals surface area contributed by atoms with Crippen LogP contribution in [0.5, 0.6) is 0 Å². The van der Waals surface area contributed by atoms with Crippen molar-refractivity contribution in [1.82, 2.24) is 19.4 Å². The quantitative estimate of drug-likeness (QED) is 0.670. The van der Waals surface area contributed by atoms with Crippen molar-refractivity contribution in [3.8, 4) is 0 Å². The van der Waals surface area contributed by atoms with E-state index in [2.05, 4.69) is 21.7 Å². The Bertz CT molecular complexity index is 1040. The van der Waals surface area contributed by atoms with Gasteiger partial charge in [0.2, 0.25) is 10.0 Å². The Morgan fingerprint density at radius 3 is 2.45 bits per heavy atom. The predicted molar refractivity (Wildman–Crippen MR) is 129 cm³/mol. The van der Waals surface area contributed by atoms with Gasteiger partial charge in [0.1, 0.15) is 0 Å². The van der Waals surface area contributed by atoms with Crippen molar-refractivity contribution in [3.63, 3.8) is 0 Å². The lowest BCUT2D eigenvalue weighted by molar-refractivity contribution is 0.0171. The number of carbonyl (C=O) groups is 1. The highest BCUT2D eigenvalue weighted by Gasteiger charge is 2.31. The Balaban J connectivity index is 1.34. The monoisotopic (exact) mass is 492 g/mol. The maximum Gasteiger partial charge on any atom is 0.317 e. The van der Waals surface area contributed by atoms with Gasteiger partial charge in [0.15, 0.2) is 0 Å². The van der Waals surface area contributed by atoms with Crippen LogP contribution in [0.4, 0.5) is 4.79 Å². The second-order valence-electron chi connectivity index (χ2n) is 8.53. The molecule has 0 radical (unpaired) electrons. The van der Waals surface area contributed by atoms with Crippen molar-refractivity contribution < 1.29 is 17.9 Å². The fourth-order valence-corrected chi connectivity index (χ4v) is 6.92. The van der Waals surface area contributed by atoms with Gasteiger partial charge in [-0.2, -0.15) is 4.31 Å². The summed E-state index contributed by atoms with van der Waals surface area (Å²) < 4.78 is 33.2. The van der Waals surface area contributed by atoms with E-state index < -0.39 is 10.0 Å². The molecular formula is C23H32N4O4S2. The molecule has 0 spiro atoms. The lowest BCUT2D eigenvalue weighted by Crippen LogP contribution is -2.54. The SMILES string of the molecule is Cc1ccc(S(=O)(=O)N2CCN(C(=O)NC[C@@H](c3cccs3)N3CCOCC3)CC2)c(C)c1. The number of benzene rings is 1. The van der Waals surface area contributed by atoms with Gasteiger partial charge in [-0.15, -0.1) is 11.3 Å². The average molecular weight is 493 g/mol. The van der Waals surface area contributed by atoms with Gasteiger partial charge in [-0.3, -0.25) is 4.90 Å². The molecule has 2 fully saturated rings. The van der Waals surface area contributed by atoms with Gasteiger partial charge < -0.3 is 15.0 Å². The molecule has 3 heterocycles. The highest BCUT2D eigenvalue weighted by molar-refractivity contribution is 7.89. The molecule has 2 aromatic rings. The van der Waals surface area contributed by atoms with Crippen LogP contribution in [-0.2, 0) is 14.8 Å². The average Bonchev–Trinajstić information content (AvgIpc) is 3.34. The highest BCUT2D eigenvalue weighted by Crippen LogP contribution is 2.26. The number of carbonyl (C=O) groups excluding carboxylic acids is 1. The molecule has 1 atom stereocenters.